The highest BCUT2D eigenvalue weighted by Crippen LogP contribution is 2.18. The number of aliphatic hydroxyl groups is 1. The van der Waals surface area contributed by atoms with Crippen LogP contribution < -0.4 is 10.6 Å². The van der Waals surface area contributed by atoms with Crippen molar-refractivity contribution in [2.24, 2.45) is 5.92 Å². The molecule has 100 valence electrons. The van der Waals surface area contributed by atoms with Gasteiger partial charge in [-0.25, -0.2) is 4.79 Å². The van der Waals surface area contributed by atoms with Gasteiger partial charge in [0.25, 0.3) is 0 Å². The molecule has 2 unspecified atom stereocenters. The molecular weight excluding hydrogens is 224 g/mol. The first-order chi connectivity index (χ1) is 7.79. The number of carbonyl (C=O) groups is 2. The van der Waals surface area contributed by atoms with Crippen LogP contribution in [0.2, 0.25) is 0 Å². The third-order valence-corrected chi connectivity index (χ3v) is 2.91. The SMILES string of the molecule is CCC(C)C(C)(O)CNC(=O)NCCC(=O)O. The van der Waals surface area contributed by atoms with Crippen LogP contribution in [-0.4, -0.2) is 40.9 Å². The van der Waals surface area contributed by atoms with E-state index in [9.17, 15) is 14.7 Å². The summed E-state index contributed by atoms with van der Waals surface area (Å²) >= 11 is 0. The van der Waals surface area contributed by atoms with Crippen LogP contribution in [-0.2, 0) is 4.79 Å². The molecule has 0 aromatic heterocycles. The topological polar surface area (TPSA) is 98.7 Å². The number of carboxylic acid groups (broad SMARTS) is 1. The van der Waals surface area contributed by atoms with Crippen LogP contribution in [0, 0.1) is 5.92 Å². The Balaban J connectivity index is 3.87. The maximum atomic E-state index is 11.3. The molecule has 4 N–H and O–H groups in total. The molecule has 2 amide bonds. The normalized spacial score (nSPS) is 15.8. The fourth-order valence-electron chi connectivity index (χ4n) is 1.22. The summed E-state index contributed by atoms with van der Waals surface area (Å²) in [6.45, 7) is 5.75. The minimum atomic E-state index is -0.961. The first-order valence-corrected chi connectivity index (χ1v) is 5.75. The van der Waals surface area contributed by atoms with Gasteiger partial charge in [0.1, 0.15) is 0 Å². The van der Waals surface area contributed by atoms with Gasteiger partial charge < -0.3 is 20.8 Å². The van der Waals surface area contributed by atoms with Crippen LogP contribution in [0.3, 0.4) is 0 Å². The molecular formula is C11H22N2O4. The van der Waals surface area contributed by atoms with Gasteiger partial charge in [-0.1, -0.05) is 20.3 Å². The fraction of sp³-hybridized carbons (Fsp3) is 0.818. The first-order valence-electron chi connectivity index (χ1n) is 5.75. The number of amides is 2. The summed E-state index contributed by atoms with van der Waals surface area (Å²) in [5.74, 6) is -0.890. The van der Waals surface area contributed by atoms with E-state index < -0.39 is 17.6 Å². The van der Waals surface area contributed by atoms with E-state index in [0.29, 0.717) is 0 Å². The molecule has 0 bridgehead atoms. The van der Waals surface area contributed by atoms with Crippen LogP contribution >= 0.6 is 0 Å². The van der Waals surface area contributed by atoms with E-state index in [1.54, 1.807) is 6.92 Å². The van der Waals surface area contributed by atoms with Crippen molar-refractivity contribution >= 4 is 12.0 Å². The Kier molecular flexibility index (Phi) is 6.57. The smallest absolute Gasteiger partial charge is 0.314 e. The lowest BCUT2D eigenvalue weighted by Gasteiger charge is -2.29. The molecule has 0 spiro atoms. The molecule has 0 aliphatic heterocycles. The van der Waals surface area contributed by atoms with Gasteiger partial charge in [-0.3, -0.25) is 4.79 Å². The molecule has 0 radical (unpaired) electrons. The third-order valence-electron chi connectivity index (χ3n) is 2.91. The van der Waals surface area contributed by atoms with Crippen molar-refractivity contribution in [3.05, 3.63) is 0 Å². The Hall–Kier alpha value is -1.30. The largest absolute Gasteiger partial charge is 0.481 e. The molecule has 6 heteroatoms. The van der Waals surface area contributed by atoms with Crippen molar-refractivity contribution in [2.75, 3.05) is 13.1 Å². The van der Waals surface area contributed by atoms with Crippen LogP contribution in [0.15, 0.2) is 0 Å². The van der Waals surface area contributed by atoms with Gasteiger partial charge in [0.05, 0.1) is 12.0 Å². The number of aliphatic carboxylic acids is 1. The summed E-state index contributed by atoms with van der Waals surface area (Å²) in [4.78, 5) is 21.5. The van der Waals surface area contributed by atoms with Crippen molar-refractivity contribution < 1.29 is 19.8 Å². The summed E-state index contributed by atoms with van der Waals surface area (Å²) in [5.41, 5.74) is -0.959. The Morgan fingerprint density at radius 2 is 1.94 bits per heavy atom. The second-order valence-corrected chi connectivity index (χ2v) is 4.42. The minimum absolute atomic E-state index is 0.0711. The number of carbonyl (C=O) groups excluding carboxylic acids is 1. The summed E-state index contributed by atoms with van der Waals surface area (Å²) in [5, 5.41) is 23.3. The molecule has 0 rings (SSSR count). The third kappa shape index (κ3) is 6.78. The summed E-state index contributed by atoms with van der Waals surface area (Å²) in [7, 11) is 0. The van der Waals surface area contributed by atoms with Gasteiger partial charge in [0, 0.05) is 13.1 Å². The van der Waals surface area contributed by atoms with Gasteiger partial charge in [-0.15, -0.1) is 0 Å². The van der Waals surface area contributed by atoms with E-state index in [4.69, 9.17) is 5.11 Å². The van der Waals surface area contributed by atoms with E-state index in [1.165, 1.54) is 0 Å². The monoisotopic (exact) mass is 246 g/mol. The number of hydrogen-bond donors (Lipinski definition) is 4. The highest BCUT2D eigenvalue weighted by molar-refractivity contribution is 5.75. The van der Waals surface area contributed by atoms with Gasteiger partial charge in [-0.2, -0.15) is 0 Å². The number of nitrogens with one attached hydrogen (secondary N) is 2. The highest BCUT2D eigenvalue weighted by atomic mass is 16.4. The minimum Gasteiger partial charge on any atom is -0.481 e. The van der Waals surface area contributed by atoms with E-state index >= 15 is 0 Å². The van der Waals surface area contributed by atoms with E-state index in [1.807, 2.05) is 13.8 Å². The molecule has 0 heterocycles. The highest BCUT2D eigenvalue weighted by Gasteiger charge is 2.27. The zero-order chi connectivity index (χ0) is 13.5. The number of rotatable bonds is 7. The zero-order valence-electron chi connectivity index (χ0n) is 10.6. The quantitative estimate of drug-likeness (QED) is 0.527. The van der Waals surface area contributed by atoms with Crippen molar-refractivity contribution in [3.8, 4) is 0 Å². The molecule has 0 aromatic rings. The van der Waals surface area contributed by atoms with Gasteiger partial charge in [0.15, 0.2) is 0 Å². The molecule has 2 atom stereocenters. The Morgan fingerprint density at radius 1 is 1.35 bits per heavy atom. The lowest BCUT2D eigenvalue weighted by Crippen LogP contribution is -2.48. The summed E-state index contributed by atoms with van der Waals surface area (Å²) in [6, 6.07) is -0.463. The predicted molar refractivity (Wildman–Crippen MR) is 63.7 cm³/mol. The molecule has 0 fully saturated rings. The molecule has 0 aromatic carbocycles. The van der Waals surface area contributed by atoms with Crippen LogP contribution in [0.1, 0.15) is 33.6 Å². The standard InChI is InChI=1S/C11H22N2O4/c1-4-8(2)11(3,17)7-13-10(16)12-6-5-9(14)15/h8,17H,4-7H2,1-3H3,(H,14,15)(H2,12,13,16). The summed E-state index contributed by atoms with van der Waals surface area (Å²) in [6.07, 6.45) is 0.699. The van der Waals surface area contributed by atoms with E-state index in [0.717, 1.165) is 6.42 Å². The van der Waals surface area contributed by atoms with Gasteiger partial charge in [0.2, 0.25) is 0 Å². The fourth-order valence-corrected chi connectivity index (χ4v) is 1.22. The van der Waals surface area contributed by atoms with E-state index in [-0.39, 0.29) is 25.4 Å². The Morgan fingerprint density at radius 3 is 2.41 bits per heavy atom. The number of urea groups is 1. The average Bonchev–Trinajstić information content (AvgIpc) is 2.24. The molecule has 0 aliphatic carbocycles. The summed E-state index contributed by atoms with van der Waals surface area (Å²) < 4.78 is 0. The average molecular weight is 246 g/mol. The maximum absolute atomic E-state index is 11.3. The van der Waals surface area contributed by atoms with E-state index in [2.05, 4.69) is 10.6 Å². The predicted octanol–water partition coefficient (Wildman–Crippen LogP) is 0.557. The lowest BCUT2D eigenvalue weighted by molar-refractivity contribution is -0.136. The molecule has 0 saturated carbocycles. The van der Waals surface area contributed by atoms with Crippen LogP contribution in [0.5, 0.6) is 0 Å². The van der Waals surface area contributed by atoms with Gasteiger partial charge >= 0.3 is 12.0 Å². The van der Waals surface area contributed by atoms with Crippen molar-refractivity contribution in [1.29, 1.82) is 0 Å². The second kappa shape index (κ2) is 7.11. The molecule has 0 saturated heterocycles. The lowest BCUT2D eigenvalue weighted by atomic mass is 9.89. The molecule has 0 aliphatic rings. The van der Waals surface area contributed by atoms with Crippen molar-refractivity contribution in [2.45, 2.75) is 39.2 Å². The van der Waals surface area contributed by atoms with Gasteiger partial charge in [-0.05, 0) is 12.8 Å². The van der Waals surface area contributed by atoms with Crippen molar-refractivity contribution in [1.82, 2.24) is 10.6 Å². The Bertz CT molecular complexity index is 266. The van der Waals surface area contributed by atoms with Crippen molar-refractivity contribution in [3.63, 3.8) is 0 Å². The number of carboxylic acids is 1. The maximum Gasteiger partial charge on any atom is 0.314 e. The number of hydrogen-bond acceptors (Lipinski definition) is 3. The van der Waals surface area contributed by atoms with Crippen LogP contribution in [0.4, 0.5) is 4.79 Å². The molecule has 17 heavy (non-hydrogen) atoms. The first kappa shape index (κ1) is 15.7. The Labute approximate surface area is 101 Å². The zero-order valence-corrected chi connectivity index (χ0v) is 10.6. The second-order valence-electron chi connectivity index (χ2n) is 4.42. The molecule has 6 nitrogen and oxygen atoms in total. The van der Waals surface area contributed by atoms with Crippen LogP contribution in [0.25, 0.3) is 0 Å².